The van der Waals surface area contributed by atoms with E-state index in [4.69, 9.17) is 4.74 Å². The summed E-state index contributed by atoms with van der Waals surface area (Å²) in [6.45, 7) is 7.82. The van der Waals surface area contributed by atoms with E-state index in [9.17, 15) is 0 Å². The smallest absolute Gasteiger partial charge is 0.0623 e. The molecule has 0 aromatic heterocycles. The largest absolute Gasteiger partial charge is 0.377 e. The van der Waals surface area contributed by atoms with Gasteiger partial charge in [0, 0.05) is 6.04 Å². The number of hydrogen-bond acceptors (Lipinski definition) is 2. The van der Waals surface area contributed by atoms with Gasteiger partial charge in [-0.2, -0.15) is 0 Å². The van der Waals surface area contributed by atoms with Gasteiger partial charge in [-0.3, -0.25) is 0 Å². The van der Waals surface area contributed by atoms with Gasteiger partial charge in [-0.1, -0.05) is 27.2 Å². The molecule has 1 saturated carbocycles. The number of hydrogen-bond donors (Lipinski definition) is 1. The molecule has 0 aromatic carbocycles. The minimum Gasteiger partial charge on any atom is -0.377 e. The fourth-order valence-corrected chi connectivity index (χ4v) is 2.92. The zero-order valence-corrected chi connectivity index (χ0v) is 11.5. The second-order valence-electron chi connectivity index (χ2n) is 5.65. The topological polar surface area (TPSA) is 21.3 Å². The molecule has 0 amide bonds. The minimum atomic E-state index is 0.506. The van der Waals surface area contributed by atoms with Crippen molar-refractivity contribution in [3.8, 4) is 0 Å². The molecule has 0 aromatic rings. The van der Waals surface area contributed by atoms with E-state index in [0.717, 1.165) is 18.4 Å². The van der Waals surface area contributed by atoms with Crippen molar-refractivity contribution in [3.05, 3.63) is 0 Å². The molecule has 0 aliphatic heterocycles. The molecular weight excluding hydrogens is 198 g/mol. The molecule has 96 valence electrons. The first-order valence-electron chi connectivity index (χ1n) is 6.94. The van der Waals surface area contributed by atoms with Gasteiger partial charge in [-0.15, -0.1) is 0 Å². The van der Waals surface area contributed by atoms with Crippen LogP contribution in [0.5, 0.6) is 0 Å². The van der Waals surface area contributed by atoms with Gasteiger partial charge < -0.3 is 10.1 Å². The maximum absolute atomic E-state index is 6.07. The summed E-state index contributed by atoms with van der Waals surface area (Å²) in [4.78, 5) is 0. The maximum Gasteiger partial charge on any atom is 0.0623 e. The molecular formula is C14H29NO. The monoisotopic (exact) mass is 227 g/mol. The molecule has 1 rings (SSSR count). The highest BCUT2D eigenvalue weighted by Gasteiger charge is 2.24. The zero-order valence-electron chi connectivity index (χ0n) is 11.5. The van der Waals surface area contributed by atoms with Crippen LogP contribution >= 0.6 is 0 Å². The van der Waals surface area contributed by atoms with Crippen molar-refractivity contribution < 1.29 is 4.74 Å². The van der Waals surface area contributed by atoms with Crippen molar-refractivity contribution in [2.24, 2.45) is 11.8 Å². The van der Waals surface area contributed by atoms with Gasteiger partial charge in [-0.05, 0) is 44.6 Å². The van der Waals surface area contributed by atoms with E-state index in [1.807, 2.05) is 7.05 Å². The van der Waals surface area contributed by atoms with Crippen molar-refractivity contribution >= 4 is 0 Å². The molecule has 3 atom stereocenters. The Hall–Kier alpha value is -0.0800. The molecule has 2 heteroatoms. The number of rotatable bonds is 6. The summed E-state index contributed by atoms with van der Waals surface area (Å²) in [5.41, 5.74) is 0. The second kappa shape index (κ2) is 7.29. The second-order valence-corrected chi connectivity index (χ2v) is 5.65. The van der Waals surface area contributed by atoms with Crippen LogP contribution < -0.4 is 5.32 Å². The van der Waals surface area contributed by atoms with Gasteiger partial charge in [0.2, 0.25) is 0 Å². The highest BCUT2D eigenvalue weighted by Crippen LogP contribution is 2.30. The summed E-state index contributed by atoms with van der Waals surface area (Å²) >= 11 is 0. The zero-order chi connectivity index (χ0) is 12.0. The van der Waals surface area contributed by atoms with Gasteiger partial charge in [0.15, 0.2) is 0 Å². The molecule has 1 N–H and O–H groups in total. The van der Waals surface area contributed by atoms with E-state index in [-0.39, 0.29) is 0 Å². The van der Waals surface area contributed by atoms with Crippen molar-refractivity contribution in [1.82, 2.24) is 5.32 Å². The molecule has 0 bridgehead atoms. The van der Waals surface area contributed by atoms with Crippen molar-refractivity contribution in [1.29, 1.82) is 0 Å². The Bertz CT molecular complexity index is 174. The number of likely N-dealkylation sites (N-methyl/N-ethyl adjacent to an activating group) is 1. The molecule has 0 radical (unpaired) electrons. The average Bonchev–Trinajstić information content (AvgIpc) is 2.23. The summed E-state index contributed by atoms with van der Waals surface area (Å²) in [5, 5.41) is 3.34. The summed E-state index contributed by atoms with van der Waals surface area (Å²) in [6, 6.07) is 0.539. The van der Waals surface area contributed by atoms with Crippen LogP contribution in [0.3, 0.4) is 0 Å². The summed E-state index contributed by atoms with van der Waals surface area (Å²) in [6.07, 6.45) is 6.84. The normalized spacial score (nSPS) is 32.6. The summed E-state index contributed by atoms with van der Waals surface area (Å²) < 4.78 is 6.07. The Morgan fingerprint density at radius 3 is 2.31 bits per heavy atom. The third-order valence-corrected chi connectivity index (χ3v) is 3.71. The number of ether oxygens (including phenoxy) is 1. The van der Waals surface area contributed by atoms with Crippen LogP contribution in [0.4, 0.5) is 0 Å². The third kappa shape index (κ3) is 4.84. The van der Waals surface area contributed by atoms with E-state index in [1.165, 1.54) is 32.1 Å². The van der Waals surface area contributed by atoms with Crippen LogP contribution in [-0.4, -0.2) is 25.8 Å². The predicted molar refractivity (Wildman–Crippen MR) is 69.7 cm³/mol. The Labute approximate surface area is 101 Å². The maximum atomic E-state index is 6.07. The summed E-state index contributed by atoms with van der Waals surface area (Å²) in [5.74, 6) is 1.68. The molecule has 0 spiro atoms. The van der Waals surface area contributed by atoms with Crippen molar-refractivity contribution in [2.45, 2.75) is 65.0 Å². The molecule has 16 heavy (non-hydrogen) atoms. The molecule has 1 aliphatic carbocycles. The molecule has 1 aliphatic rings. The predicted octanol–water partition coefficient (Wildman–Crippen LogP) is 3.22. The SMILES string of the molecule is CCCC(COC1CC(C)CC(C)C1)NC. The van der Waals surface area contributed by atoms with Gasteiger partial charge in [-0.25, -0.2) is 0 Å². The Morgan fingerprint density at radius 2 is 1.81 bits per heavy atom. The van der Waals surface area contributed by atoms with Gasteiger partial charge in [0.1, 0.15) is 0 Å². The lowest BCUT2D eigenvalue weighted by Gasteiger charge is -2.32. The third-order valence-electron chi connectivity index (χ3n) is 3.71. The first-order valence-corrected chi connectivity index (χ1v) is 6.94. The first kappa shape index (κ1) is 14.0. The highest BCUT2D eigenvalue weighted by atomic mass is 16.5. The van der Waals surface area contributed by atoms with E-state index in [2.05, 4.69) is 26.1 Å². The lowest BCUT2D eigenvalue weighted by atomic mass is 9.82. The van der Waals surface area contributed by atoms with Gasteiger partial charge in [0.25, 0.3) is 0 Å². The van der Waals surface area contributed by atoms with Gasteiger partial charge in [0.05, 0.1) is 12.7 Å². The van der Waals surface area contributed by atoms with Crippen LogP contribution in [0, 0.1) is 11.8 Å². The van der Waals surface area contributed by atoms with Crippen LogP contribution in [0.15, 0.2) is 0 Å². The van der Waals surface area contributed by atoms with Crippen LogP contribution in [-0.2, 0) is 4.74 Å². The molecule has 0 heterocycles. The van der Waals surface area contributed by atoms with E-state index >= 15 is 0 Å². The first-order chi connectivity index (χ1) is 7.65. The number of nitrogens with one attached hydrogen (secondary N) is 1. The molecule has 1 fully saturated rings. The van der Waals surface area contributed by atoms with Crippen LogP contribution in [0.2, 0.25) is 0 Å². The van der Waals surface area contributed by atoms with Gasteiger partial charge >= 0.3 is 0 Å². The molecule has 2 nitrogen and oxygen atoms in total. The standard InChI is InChI=1S/C14H29NO/c1-5-6-13(15-4)10-16-14-8-11(2)7-12(3)9-14/h11-15H,5-10H2,1-4H3. The fourth-order valence-electron chi connectivity index (χ4n) is 2.92. The van der Waals surface area contributed by atoms with Crippen molar-refractivity contribution in [2.75, 3.05) is 13.7 Å². The van der Waals surface area contributed by atoms with E-state index < -0.39 is 0 Å². The summed E-state index contributed by atoms with van der Waals surface area (Å²) in [7, 11) is 2.04. The quantitative estimate of drug-likeness (QED) is 0.752. The highest BCUT2D eigenvalue weighted by molar-refractivity contribution is 4.76. The Kier molecular flexibility index (Phi) is 6.37. The Morgan fingerprint density at radius 1 is 1.19 bits per heavy atom. The lowest BCUT2D eigenvalue weighted by molar-refractivity contribution is -0.00905. The lowest BCUT2D eigenvalue weighted by Crippen LogP contribution is -2.34. The van der Waals surface area contributed by atoms with Crippen LogP contribution in [0.25, 0.3) is 0 Å². The van der Waals surface area contributed by atoms with E-state index in [0.29, 0.717) is 12.1 Å². The average molecular weight is 227 g/mol. The Balaban J connectivity index is 2.25. The van der Waals surface area contributed by atoms with E-state index in [1.54, 1.807) is 0 Å². The van der Waals surface area contributed by atoms with Crippen molar-refractivity contribution in [3.63, 3.8) is 0 Å². The molecule has 0 saturated heterocycles. The van der Waals surface area contributed by atoms with Crippen LogP contribution in [0.1, 0.15) is 52.9 Å². The fraction of sp³-hybridized carbons (Fsp3) is 1.00. The molecule has 3 unspecified atom stereocenters. The minimum absolute atomic E-state index is 0.506.